The summed E-state index contributed by atoms with van der Waals surface area (Å²) in [6, 6.07) is 5.31. The van der Waals surface area contributed by atoms with Crippen molar-refractivity contribution < 1.29 is 13.5 Å². The lowest BCUT2D eigenvalue weighted by Crippen LogP contribution is -2.12. The van der Waals surface area contributed by atoms with Crippen LogP contribution < -0.4 is 5.73 Å². The Kier molecular flexibility index (Phi) is 3.98. The van der Waals surface area contributed by atoms with Crippen LogP contribution in [-0.2, 0) is 11.3 Å². The molecule has 18 heavy (non-hydrogen) atoms. The highest BCUT2D eigenvalue weighted by molar-refractivity contribution is 6.35. The maximum Gasteiger partial charge on any atom is 0.261 e. The molecule has 7 heteroatoms. The van der Waals surface area contributed by atoms with Gasteiger partial charge < -0.3 is 15.0 Å². The lowest BCUT2D eigenvalue weighted by molar-refractivity contribution is 0.0151. The van der Waals surface area contributed by atoms with Gasteiger partial charge in [-0.3, -0.25) is 0 Å². The smallest absolute Gasteiger partial charge is 0.261 e. The van der Waals surface area contributed by atoms with E-state index < -0.39 is 13.0 Å². The summed E-state index contributed by atoms with van der Waals surface area (Å²) in [5.41, 5.74) is 7.12. The van der Waals surface area contributed by atoms with Gasteiger partial charge in [-0.1, -0.05) is 17.7 Å². The molecule has 0 fully saturated rings. The molecule has 0 saturated heterocycles. The number of aromatic nitrogens is 2. The minimum atomic E-state index is -2.46. The molecule has 2 rings (SSSR count). The van der Waals surface area contributed by atoms with E-state index in [1.165, 1.54) is 0 Å². The van der Waals surface area contributed by atoms with Gasteiger partial charge in [0.05, 0.1) is 17.1 Å². The number of hydrogen-bond donors (Lipinski definition) is 1. The van der Waals surface area contributed by atoms with Crippen molar-refractivity contribution >= 4 is 28.6 Å². The Labute approximate surface area is 107 Å². The Morgan fingerprint density at radius 3 is 2.94 bits per heavy atom. The van der Waals surface area contributed by atoms with Crippen molar-refractivity contribution in [1.82, 2.24) is 9.55 Å². The molecule has 4 nitrogen and oxygen atoms in total. The zero-order chi connectivity index (χ0) is 13.1. The van der Waals surface area contributed by atoms with E-state index in [0.717, 1.165) is 5.52 Å². The number of alkyl halides is 2. The summed E-state index contributed by atoms with van der Waals surface area (Å²) in [6.45, 7) is -0.0742. The van der Waals surface area contributed by atoms with Crippen molar-refractivity contribution in [1.29, 1.82) is 0 Å². The Balaban J connectivity index is 2.13. The molecule has 2 N–H and O–H groups in total. The van der Waals surface area contributed by atoms with Gasteiger partial charge in [-0.2, -0.15) is 0 Å². The third kappa shape index (κ3) is 2.70. The van der Waals surface area contributed by atoms with Gasteiger partial charge in [0.1, 0.15) is 12.1 Å². The average molecular weight is 276 g/mol. The van der Waals surface area contributed by atoms with Crippen LogP contribution in [0.1, 0.15) is 0 Å². The normalized spacial score (nSPS) is 11.6. The van der Waals surface area contributed by atoms with E-state index in [1.54, 1.807) is 16.7 Å². The van der Waals surface area contributed by atoms with Crippen molar-refractivity contribution in [2.75, 3.05) is 18.9 Å². The molecule has 98 valence electrons. The summed E-state index contributed by atoms with van der Waals surface area (Å²) < 4.78 is 30.3. The monoisotopic (exact) mass is 275 g/mol. The minimum absolute atomic E-state index is 0.145. The zero-order valence-electron chi connectivity index (χ0n) is 9.44. The number of ether oxygens (including phenoxy) is 1. The van der Waals surface area contributed by atoms with Crippen LogP contribution in [0.2, 0.25) is 5.02 Å². The lowest BCUT2D eigenvalue weighted by Gasteiger charge is -2.07. The highest BCUT2D eigenvalue weighted by Gasteiger charge is 2.10. The van der Waals surface area contributed by atoms with E-state index >= 15 is 0 Å². The van der Waals surface area contributed by atoms with Gasteiger partial charge in [0.2, 0.25) is 5.95 Å². The number of imidazole rings is 1. The molecule has 0 saturated carbocycles. The van der Waals surface area contributed by atoms with Gasteiger partial charge in [0.15, 0.2) is 0 Å². The van der Waals surface area contributed by atoms with E-state index in [4.69, 9.17) is 22.1 Å². The van der Waals surface area contributed by atoms with Gasteiger partial charge in [0, 0.05) is 6.54 Å². The van der Waals surface area contributed by atoms with Crippen LogP contribution in [-0.4, -0.2) is 29.2 Å². The predicted molar refractivity (Wildman–Crippen MR) is 66.0 cm³/mol. The summed E-state index contributed by atoms with van der Waals surface area (Å²) >= 11 is 5.98. The SMILES string of the molecule is Nc1nc2c(Cl)cccc2n1CCOCC(F)F. The van der Waals surface area contributed by atoms with E-state index in [9.17, 15) is 8.78 Å². The van der Waals surface area contributed by atoms with E-state index in [-0.39, 0.29) is 6.61 Å². The number of rotatable bonds is 5. The molecule has 0 aliphatic rings. The molecule has 1 aromatic carbocycles. The number of halogens is 3. The molecular weight excluding hydrogens is 264 g/mol. The second-order valence-corrected chi connectivity index (χ2v) is 4.10. The van der Waals surface area contributed by atoms with Crippen molar-refractivity contribution in [3.8, 4) is 0 Å². The molecule has 2 aromatic rings. The van der Waals surface area contributed by atoms with Crippen LogP contribution in [0.4, 0.5) is 14.7 Å². The second kappa shape index (κ2) is 5.49. The molecule has 1 aromatic heterocycles. The van der Waals surface area contributed by atoms with E-state index in [0.29, 0.717) is 23.0 Å². The maximum atomic E-state index is 11.9. The van der Waals surface area contributed by atoms with Gasteiger partial charge in [-0.15, -0.1) is 0 Å². The third-order valence-corrected chi connectivity index (χ3v) is 2.77. The van der Waals surface area contributed by atoms with Crippen molar-refractivity contribution in [3.05, 3.63) is 23.2 Å². The second-order valence-electron chi connectivity index (χ2n) is 3.70. The first-order valence-electron chi connectivity index (χ1n) is 5.35. The van der Waals surface area contributed by atoms with Crippen LogP contribution in [0.5, 0.6) is 0 Å². The van der Waals surface area contributed by atoms with Crippen molar-refractivity contribution in [2.24, 2.45) is 0 Å². The number of anilines is 1. The summed E-state index contributed by atoms with van der Waals surface area (Å²) in [4.78, 5) is 4.13. The van der Waals surface area contributed by atoms with E-state index in [2.05, 4.69) is 4.98 Å². The number of para-hydroxylation sites is 1. The Morgan fingerprint density at radius 2 is 2.22 bits per heavy atom. The highest BCUT2D eigenvalue weighted by Crippen LogP contribution is 2.24. The summed E-state index contributed by atoms with van der Waals surface area (Å²) in [7, 11) is 0. The molecule has 0 atom stereocenters. The fourth-order valence-corrected chi connectivity index (χ4v) is 1.91. The Bertz CT molecular complexity index is 544. The fraction of sp³-hybridized carbons (Fsp3) is 0.364. The molecule has 0 radical (unpaired) electrons. The Hall–Kier alpha value is -1.40. The van der Waals surface area contributed by atoms with Crippen molar-refractivity contribution in [2.45, 2.75) is 13.0 Å². The molecule has 0 bridgehead atoms. The van der Waals surface area contributed by atoms with E-state index in [1.807, 2.05) is 6.07 Å². The zero-order valence-corrected chi connectivity index (χ0v) is 10.2. The molecular formula is C11H12ClF2N3O. The van der Waals surface area contributed by atoms with Crippen LogP contribution in [0.15, 0.2) is 18.2 Å². The van der Waals surface area contributed by atoms with Gasteiger partial charge in [0.25, 0.3) is 6.43 Å². The van der Waals surface area contributed by atoms with Crippen LogP contribution in [0.25, 0.3) is 11.0 Å². The minimum Gasteiger partial charge on any atom is -0.374 e. The molecule has 0 spiro atoms. The highest BCUT2D eigenvalue weighted by atomic mass is 35.5. The predicted octanol–water partition coefficient (Wildman–Crippen LogP) is 2.55. The van der Waals surface area contributed by atoms with Crippen molar-refractivity contribution in [3.63, 3.8) is 0 Å². The third-order valence-electron chi connectivity index (χ3n) is 2.46. The first-order chi connectivity index (χ1) is 8.59. The number of nitrogen functional groups attached to an aromatic ring is 1. The molecule has 0 amide bonds. The Morgan fingerprint density at radius 1 is 1.44 bits per heavy atom. The van der Waals surface area contributed by atoms with Crippen LogP contribution in [0.3, 0.4) is 0 Å². The number of nitrogens with two attached hydrogens (primary N) is 1. The number of fused-ring (bicyclic) bond motifs is 1. The number of benzene rings is 1. The number of nitrogens with zero attached hydrogens (tertiary/aromatic N) is 2. The number of hydrogen-bond acceptors (Lipinski definition) is 3. The molecule has 0 aliphatic heterocycles. The standard InChI is InChI=1S/C11H12ClF2N3O/c12-7-2-1-3-8-10(7)16-11(15)17(8)4-5-18-6-9(13)14/h1-3,9H,4-6H2,(H2,15,16). The molecule has 1 heterocycles. The molecule has 0 unspecified atom stereocenters. The largest absolute Gasteiger partial charge is 0.374 e. The van der Waals surface area contributed by atoms with Gasteiger partial charge >= 0.3 is 0 Å². The first-order valence-corrected chi connectivity index (χ1v) is 5.73. The van der Waals surface area contributed by atoms with Gasteiger partial charge in [-0.25, -0.2) is 13.8 Å². The summed E-state index contributed by atoms with van der Waals surface area (Å²) in [5.74, 6) is 0.291. The summed E-state index contributed by atoms with van der Waals surface area (Å²) in [6.07, 6.45) is -2.46. The fourth-order valence-electron chi connectivity index (χ4n) is 1.69. The van der Waals surface area contributed by atoms with Crippen LogP contribution >= 0.6 is 11.6 Å². The van der Waals surface area contributed by atoms with Crippen LogP contribution in [0, 0.1) is 0 Å². The maximum absolute atomic E-state index is 11.9. The quantitative estimate of drug-likeness (QED) is 0.853. The topological polar surface area (TPSA) is 53.1 Å². The average Bonchev–Trinajstić information content (AvgIpc) is 2.63. The van der Waals surface area contributed by atoms with Gasteiger partial charge in [-0.05, 0) is 12.1 Å². The summed E-state index contributed by atoms with van der Waals surface area (Å²) in [5, 5.41) is 0.506. The lowest BCUT2D eigenvalue weighted by atomic mass is 10.3. The first kappa shape index (κ1) is 13.0. The molecule has 0 aliphatic carbocycles.